The molecule has 0 radical (unpaired) electrons. The summed E-state index contributed by atoms with van der Waals surface area (Å²) in [7, 11) is 0. The molecule has 1 amide bonds. The number of rotatable bonds is 7. The van der Waals surface area contributed by atoms with Gasteiger partial charge in [0.1, 0.15) is 5.75 Å². The van der Waals surface area contributed by atoms with Gasteiger partial charge < -0.3 is 4.74 Å². The summed E-state index contributed by atoms with van der Waals surface area (Å²) in [6, 6.07) is 13.9. The van der Waals surface area contributed by atoms with Crippen molar-refractivity contribution in [2.45, 2.75) is 20.8 Å². The van der Waals surface area contributed by atoms with Gasteiger partial charge in [-0.2, -0.15) is 5.10 Å². The van der Waals surface area contributed by atoms with E-state index in [0.29, 0.717) is 5.71 Å². The van der Waals surface area contributed by atoms with Crippen LogP contribution in [0.2, 0.25) is 0 Å². The minimum absolute atomic E-state index is 0.0856. The van der Waals surface area contributed by atoms with Gasteiger partial charge in [-0.15, -0.1) is 0 Å². The first-order valence-electron chi connectivity index (χ1n) is 8.58. The molecule has 4 nitrogen and oxygen atoms in total. The van der Waals surface area contributed by atoms with Gasteiger partial charge in [0, 0.05) is 4.47 Å². The van der Waals surface area contributed by atoms with E-state index in [1.807, 2.05) is 87.5 Å². The van der Waals surface area contributed by atoms with Crippen LogP contribution < -0.4 is 10.2 Å². The van der Waals surface area contributed by atoms with Crippen LogP contribution in [0.1, 0.15) is 23.6 Å². The van der Waals surface area contributed by atoms with Gasteiger partial charge in [-0.3, -0.25) is 4.79 Å². The highest BCUT2D eigenvalue weighted by Gasteiger charge is 2.08. The fourth-order valence-corrected chi connectivity index (χ4v) is 3.10. The number of aryl methyl sites for hydroxylation is 2. The van der Waals surface area contributed by atoms with Gasteiger partial charge in [-0.1, -0.05) is 64.5 Å². The van der Waals surface area contributed by atoms with Gasteiger partial charge >= 0.3 is 0 Å². The van der Waals surface area contributed by atoms with Crippen LogP contribution in [0.15, 0.2) is 70.3 Å². The van der Waals surface area contributed by atoms with Crippen molar-refractivity contribution in [3.63, 3.8) is 0 Å². The van der Waals surface area contributed by atoms with E-state index >= 15 is 0 Å². The van der Waals surface area contributed by atoms with Gasteiger partial charge in [0.25, 0.3) is 5.91 Å². The highest BCUT2D eigenvalue weighted by Crippen LogP contribution is 2.27. The van der Waals surface area contributed by atoms with Crippen molar-refractivity contribution >= 4 is 33.6 Å². The lowest BCUT2D eigenvalue weighted by molar-refractivity contribution is -0.123. The first kappa shape index (κ1) is 20.6. The first-order chi connectivity index (χ1) is 13.0. The fraction of sp³-hybridized carbons (Fsp3) is 0.182. The average Bonchev–Trinajstić information content (AvgIpc) is 2.63. The van der Waals surface area contributed by atoms with Crippen LogP contribution in [0.3, 0.4) is 0 Å². The van der Waals surface area contributed by atoms with Crippen LogP contribution in [0, 0.1) is 13.8 Å². The second-order valence-electron chi connectivity index (χ2n) is 6.07. The molecule has 2 aromatic carbocycles. The van der Waals surface area contributed by atoms with E-state index < -0.39 is 0 Å². The quantitative estimate of drug-likeness (QED) is 0.375. The van der Waals surface area contributed by atoms with E-state index in [-0.39, 0.29) is 12.5 Å². The molecule has 2 aromatic rings. The van der Waals surface area contributed by atoms with Crippen molar-refractivity contribution in [1.82, 2.24) is 5.43 Å². The molecule has 0 spiro atoms. The number of carbonyl (C=O) groups is 1. The van der Waals surface area contributed by atoms with Crippen molar-refractivity contribution in [2.75, 3.05) is 6.61 Å². The van der Waals surface area contributed by atoms with Gasteiger partial charge in [0.15, 0.2) is 6.61 Å². The minimum Gasteiger partial charge on any atom is -0.483 e. The number of allylic oxidation sites excluding steroid dienone is 3. The Morgan fingerprint density at radius 3 is 2.48 bits per heavy atom. The second kappa shape index (κ2) is 10.5. The van der Waals surface area contributed by atoms with Crippen LogP contribution in [0.4, 0.5) is 0 Å². The Hall–Kier alpha value is -2.66. The lowest BCUT2D eigenvalue weighted by atomic mass is 10.1. The van der Waals surface area contributed by atoms with Crippen molar-refractivity contribution < 1.29 is 9.53 Å². The summed E-state index contributed by atoms with van der Waals surface area (Å²) in [5.74, 6) is 0.421. The number of nitrogens with zero attached hydrogens (tertiary/aromatic N) is 1. The Bertz CT molecular complexity index is 848. The number of ether oxygens (including phenoxy) is 1. The molecule has 27 heavy (non-hydrogen) atoms. The lowest BCUT2D eigenvalue weighted by Gasteiger charge is -2.11. The van der Waals surface area contributed by atoms with Gasteiger partial charge in [0.2, 0.25) is 0 Å². The Morgan fingerprint density at radius 2 is 1.81 bits per heavy atom. The third-order valence-electron chi connectivity index (χ3n) is 3.67. The number of hydrogen-bond acceptors (Lipinski definition) is 3. The monoisotopic (exact) mass is 426 g/mol. The summed E-state index contributed by atoms with van der Waals surface area (Å²) < 4.78 is 6.62. The SMILES string of the molecule is CC(C=CC=Cc1ccccc1)=NNC(=O)COc1c(C)cc(Br)cc1C. The van der Waals surface area contributed by atoms with E-state index in [4.69, 9.17) is 4.74 Å². The zero-order chi connectivity index (χ0) is 19.6. The van der Waals surface area contributed by atoms with Crippen LogP contribution in [0.5, 0.6) is 5.75 Å². The molecule has 0 saturated carbocycles. The zero-order valence-electron chi connectivity index (χ0n) is 15.7. The van der Waals surface area contributed by atoms with Gasteiger partial charge in [-0.05, 0) is 55.7 Å². The van der Waals surface area contributed by atoms with Crippen LogP contribution in [0.25, 0.3) is 6.08 Å². The summed E-state index contributed by atoms with van der Waals surface area (Å²) in [4.78, 5) is 11.9. The van der Waals surface area contributed by atoms with Crippen molar-refractivity contribution in [2.24, 2.45) is 5.10 Å². The summed E-state index contributed by atoms with van der Waals surface area (Å²) in [5, 5.41) is 4.05. The van der Waals surface area contributed by atoms with E-state index in [0.717, 1.165) is 26.9 Å². The second-order valence-corrected chi connectivity index (χ2v) is 6.99. The van der Waals surface area contributed by atoms with E-state index in [9.17, 15) is 4.79 Å². The maximum absolute atomic E-state index is 11.9. The van der Waals surface area contributed by atoms with Gasteiger partial charge in [-0.25, -0.2) is 5.43 Å². The standard InChI is InChI=1S/C22H23BrN2O2/c1-16-13-20(23)14-17(2)22(16)27-15-21(26)25-24-18(3)9-7-8-12-19-10-5-4-6-11-19/h4-14H,15H2,1-3H3,(H,25,26). The molecule has 2 rings (SSSR count). The Labute approximate surface area is 168 Å². The van der Waals surface area contributed by atoms with E-state index in [2.05, 4.69) is 26.5 Å². The van der Waals surface area contributed by atoms with E-state index in [1.54, 1.807) is 0 Å². The molecular weight excluding hydrogens is 404 g/mol. The fourth-order valence-electron chi connectivity index (χ4n) is 2.41. The molecule has 0 saturated heterocycles. The maximum atomic E-state index is 11.9. The lowest BCUT2D eigenvalue weighted by Crippen LogP contribution is -2.25. The number of hydrazone groups is 1. The third-order valence-corrected chi connectivity index (χ3v) is 4.12. The molecule has 0 atom stereocenters. The average molecular weight is 427 g/mol. The molecular formula is C22H23BrN2O2. The molecule has 0 aromatic heterocycles. The van der Waals surface area contributed by atoms with Crippen molar-refractivity contribution in [3.05, 3.63) is 81.9 Å². The van der Waals surface area contributed by atoms with E-state index in [1.165, 1.54) is 0 Å². The third kappa shape index (κ3) is 7.23. The summed E-state index contributed by atoms with van der Waals surface area (Å²) in [6.45, 7) is 5.62. The Kier molecular flexibility index (Phi) is 8.01. The normalized spacial score (nSPS) is 11.9. The number of hydrogen-bond donors (Lipinski definition) is 1. The number of halogens is 1. The highest BCUT2D eigenvalue weighted by atomic mass is 79.9. The van der Waals surface area contributed by atoms with Crippen LogP contribution >= 0.6 is 15.9 Å². The predicted molar refractivity (Wildman–Crippen MR) is 115 cm³/mol. The Balaban J connectivity index is 1.81. The first-order valence-corrected chi connectivity index (χ1v) is 9.37. The smallest absolute Gasteiger partial charge is 0.277 e. The summed E-state index contributed by atoms with van der Waals surface area (Å²) in [5.41, 5.74) is 6.27. The van der Waals surface area contributed by atoms with Crippen molar-refractivity contribution in [1.29, 1.82) is 0 Å². The molecule has 5 heteroatoms. The Morgan fingerprint density at radius 1 is 1.15 bits per heavy atom. The largest absolute Gasteiger partial charge is 0.483 e. The molecule has 140 valence electrons. The highest BCUT2D eigenvalue weighted by molar-refractivity contribution is 9.10. The number of amides is 1. The molecule has 0 heterocycles. The molecule has 0 bridgehead atoms. The molecule has 0 aliphatic rings. The minimum atomic E-state index is -0.302. The van der Waals surface area contributed by atoms with Crippen LogP contribution in [-0.2, 0) is 4.79 Å². The molecule has 1 N–H and O–H groups in total. The van der Waals surface area contributed by atoms with Gasteiger partial charge in [0.05, 0.1) is 5.71 Å². The molecule has 0 aliphatic heterocycles. The number of carbonyl (C=O) groups excluding carboxylic acids is 1. The maximum Gasteiger partial charge on any atom is 0.277 e. The number of benzene rings is 2. The summed E-state index contributed by atoms with van der Waals surface area (Å²) >= 11 is 3.44. The van der Waals surface area contributed by atoms with Crippen molar-refractivity contribution in [3.8, 4) is 5.75 Å². The summed E-state index contributed by atoms with van der Waals surface area (Å²) in [6.07, 6.45) is 7.63. The zero-order valence-corrected chi connectivity index (χ0v) is 17.3. The topological polar surface area (TPSA) is 50.7 Å². The molecule has 0 aliphatic carbocycles. The molecule has 0 fully saturated rings. The number of nitrogens with one attached hydrogen (secondary N) is 1. The molecule has 0 unspecified atom stereocenters. The predicted octanol–water partition coefficient (Wildman–Crippen LogP) is 5.21. The van der Waals surface area contributed by atoms with Crippen LogP contribution in [-0.4, -0.2) is 18.2 Å².